The summed E-state index contributed by atoms with van der Waals surface area (Å²) in [5.74, 6) is -11.9. The molecule has 9 atom stereocenters. The van der Waals surface area contributed by atoms with Gasteiger partial charge in [-0.05, 0) is 101 Å². The van der Waals surface area contributed by atoms with Gasteiger partial charge in [0.1, 0.15) is 48.3 Å². The van der Waals surface area contributed by atoms with Crippen molar-refractivity contribution in [1.82, 2.24) is 47.9 Å². The van der Waals surface area contributed by atoms with Gasteiger partial charge in [0.25, 0.3) is 0 Å². The molecule has 0 aromatic heterocycles. The van der Waals surface area contributed by atoms with Gasteiger partial charge in [0.2, 0.25) is 41.4 Å². The number of nitrogens with one attached hydrogen (secondary N) is 9. The first-order chi connectivity index (χ1) is 35.1. The Morgan fingerprint density at radius 2 is 0.920 bits per heavy atom. The van der Waals surface area contributed by atoms with Crippen molar-refractivity contribution >= 4 is 65.0 Å². The highest BCUT2D eigenvalue weighted by molar-refractivity contribution is 5.98. The Kier molecular flexibility index (Phi) is 30.0. The van der Waals surface area contributed by atoms with E-state index in [2.05, 4.69) is 47.9 Å². The monoisotopic (exact) mass is 1060 g/mol. The molecule has 0 heterocycles. The highest BCUT2D eigenvalue weighted by Gasteiger charge is 2.36. The van der Waals surface area contributed by atoms with Crippen LogP contribution in [0.15, 0.2) is 24.3 Å². The molecule has 26 nitrogen and oxygen atoms in total. The summed E-state index contributed by atoms with van der Waals surface area (Å²) in [5, 5.41) is 61.6. The molecule has 0 radical (unpaired) electrons. The van der Waals surface area contributed by atoms with Crippen molar-refractivity contribution < 1.29 is 73.2 Å². The zero-order valence-electron chi connectivity index (χ0n) is 44.2. The number of benzene rings is 1. The fourth-order valence-electron chi connectivity index (χ4n) is 7.53. The molecule has 0 aliphatic heterocycles. The highest BCUT2D eigenvalue weighted by Crippen LogP contribution is 2.15. The van der Waals surface area contributed by atoms with Gasteiger partial charge in [-0.3, -0.25) is 58.1 Å². The largest absolute Gasteiger partial charge is 0.508 e. The Morgan fingerprint density at radius 3 is 1.31 bits per heavy atom. The van der Waals surface area contributed by atoms with Crippen LogP contribution in [0.2, 0.25) is 0 Å². The van der Waals surface area contributed by atoms with Crippen LogP contribution in [0.3, 0.4) is 0 Å². The lowest BCUT2D eigenvalue weighted by molar-refractivity contribution is -0.140. The third kappa shape index (κ3) is 25.8. The van der Waals surface area contributed by atoms with Gasteiger partial charge in [-0.1, -0.05) is 60.1 Å². The van der Waals surface area contributed by atoms with E-state index < -0.39 is 164 Å². The fraction of sp³-hybridized carbons (Fsp3) is 0.653. The summed E-state index contributed by atoms with van der Waals surface area (Å²) in [4.78, 5) is 145. The molecular formula is C49H81N11O15. The van der Waals surface area contributed by atoms with Crippen molar-refractivity contribution in [3.8, 4) is 5.75 Å². The Balaban J connectivity index is 3.56. The van der Waals surface area contributed by atoms with Gasteiger partial charge in [-0.15, -0.1) is 0 Å². The van der Waals surface area contributed by atoms with Crippen LogP contribution in [-0.4, -0.2) is 154 Å². The number of hydrogen-bond donors (Lipinski definition) is 15. The van der Waals surface area contributed by atoms with E-state index in [9.17, 15) is 73.2 Å². The van der Waals surface area contributed by atoms with Crippen molar-refractivity contribution in [3.63, 3.8) is 0 Å². The number of phenols is 1. The standard InChI is InChI=1S/C49H81N11O15/c1-9-27(6)41(48(75)57-31(11-10-22-53-49(50)51)44(71)59-40(26(4)5)47(74)58-35(28(7)61)23-25(2)3)60-45(72)34(18-21-39(67)68)55-42(69)32(16-19-37(63)64)54-43(70)33(17-20-38(65)66)56-46(73)36(52-8)24-29-12-14-30(62)15-13-29/h12-15,25-27,31-36,40-41,49,52-53,62H,9-11,16-24,50-51H2,1-8H3,(H,54,70)(H,55,69)(H,56,73)(H,57,75)(H,58,74)(H,59,71)(H,60,72)(H,63,64)(H,65,66)(H,67,68). The average Bonchev–Trinajstić information content (AvgIpc) is 3.32. The number of carboxylic acid groups (broad SMARTS) is 3. The number of ketones is 1. The first kappa shape index (κ1) is 66.2. The van der Waals surface area contributed by atoms with Crippen molar-refractivity contribution in [2.24, 2.45) is 29.2 Å². The average molecular weight is 1060 g/mol. The van der Waals surface area contributed by atoms with Crippen LogP contribution in [0.5, 0.6) is 5.75 Å². The molecule has 26 heteroatoms. The number of carbonyl (C=O) groups excluding carboxylic acids is 8. The number of aromatic hydroxyl groups is 1. The molecule has 75 heavy (non-hydrogen) atoms. The first-order valence-electron chi connectivity index (χ1n) is 25.1. The molecule has 0 spiro atoms. The molecule has 0 aliphatic carbocycles. The summed E-state index contributed by atoms with van der Waals surface area (Å²) >= 11 is 0. The number of amides is 7. The van der Waals surface area contributed by atoms with Crippen LogP contribution in [0.25, 0.3) is 0 Å². The van der Waals surface area contributed by atoms with Crippen molar-refractivity contribution in [2.75, 3.05) is 13.6 Å². The molecule has 17 N–H and O–H groups in total. The Bertz CT molecular complexity index is 2090. The first-order valence-corrected chi connectivity index (χ1v) is 25.1. The number of hydrogen-bond acceptors (Lipinski definition) is 16. The number of rotatable bonds is 37. The molecular weight excluding hydrogens is 983 g/mol. The number of Topliss-reactive ketones (excluding diaryl/α,β-unsaturated/α-hetero) is 1. The topological polar surface area (TPSA) is 429 Å². The van der Waals surface area contributed by atoms with Crippen LogP contribution < -0.4 is 59.3 Å². The second-order valence-electron chi connectivity index (χ2n) is 19.3. The van der Waals surface area contributed by atoms with Gasteiger partial charge in [-0.25, -0.2) is 0 Å². The van der Waals surface area contributed by atoms with Crippen LogP contribution in [-0.2, 0) is 59.2 Å². The van der Waals surface area contributed by atoms with Crippen LogP contribution in [0.4, 0.5) is 0 Å². The molecule has 0 bridgehead atoms. The summed E-state index contributed by atoms with van der Waals surface area (Å²) < 4.78 is 0. The van der Waals surface area contributed by atoms with Gasteiger partial charge in [0.05, 0.1) is 12.1 Å². The van der Waals surface area contributed by atoms with Crippen LogP contribution >= 0.6 is 0 Å². The number of likely N-dealkylation sites (N-methyl/N-ethyl adjacent to an activating group) is 1. The predicted molar refractivity (Wildman–Crippen MR) is 273 cm³/mol. The van der Waals surface area contributed by atoms with Gasteiger partial charge in [0.15, 0.2) is 5.78 Å². The summed E-state index contributed by atoms with van der Waals surface area (Å²) in [5.41, 5.74) is 11.9. The molecule has 1 aromatic rings. The lowest BCUT2D eigenvalue weighted by Gasteiger charge is -2.30. The summed E-state index contributed by atoms with van der Waals surface area (Å²) in [6.07, 6.45) is -3.75. The molecule has 0 saturated heterocycles. The zero-order valence-corrected chi connectivity index (χ0v) is 44.2. The van der Waals surface area contributed by atoms with Gasteiger partial charge >= 0.3 is 17.9 Å². The number of aliphatic carboxylic acids is 3. The maximum atomic E-state index is 14.3. The lowest BCUT2D eigenvalue weighted by Crippen LogP contribution is -2.61. The molecule has 7 amide bonds. The Labute approximate surface area is 437 Å². The van der Waals surface area contributed by atoms with E-state index in [1.165, 1.54) is 26.1 Å². The maximum absolute atomic E-state index is 14.3. The number of carbonyl (C=O) groups is 11. The maximum Gasteiger partial charge on any atom is 0.303 e. The van der Waals surface area contributed by atoms with Crippen molar-refractivity contribution in [3.05, 3.63) is 29.8 Å². The normalized spacial score (nSPS) is 14.9. The second kappa shape index (κ2) is 33.9. The second-order valence-corrected chi connectivity index (χ2v) is 19.3. The SMILES string of the molecule is CCC(C)C(NC(=O)C(CCC(=O)O)NC(=O)C(CCC(=O)O)NC(=O)C(CCC(=O)O)NC(=O)C(Cc1ccc(O)cc1)NC)C(=O)NC(CCCNC(N)N)C(=O)NC(C(=O)NC(CC(C)C)C(C)=O)C(C)C. The van der Waals surface area contributed by atoms with E-state index in [4.69, 9.17) is 11.5 Å². The summed E-state index contributed by atoms with van der Waals surface area (Å²) in [6.45, 7) is 11.9. The molecule has 0 fully saturated rings. The minimum Gasteiger partial charge on any atom is -0.508 e. The van der Waals surface area contributed by atoms with E-state index in [0.29, 0.717) is 12.0 Å². The zero-order chi connectivity index (χ0) is 57.1. The van der Waals surface area contributed by atoms with Crippen molar-refractivity contribution in [1.29, 1.82) is 0 Å². The fourth-order valence-corrected chi connectivity index (χ4v) is 7.53. The molecule has 422 valence electrons. The molecule has 9 unspecified atom stereocenters. The van der Waals surface area contributed by atoms with Crippen LogP contribution in [0, 0.1) is 17.8 Å². The minimum absolute atomic E-state index is 0.0188. The quantitative estimate of drug-likeness (QED) is 0.0264. The van der Waals surface area contributed by atoms with Gasteiger partial charge < -0.3 is 74.4 Å². The third-order valence-corrected chi connectivity index (χ3v) is 12.1. The predicted octanol–water partition coefficient (Wildman–Crippen LogP) is -1.58. The third-order valence-electron chi connectivity index (χ3n) is 12.1. The molecule has 0 aliphatic rings. The molecule has 1 aromatic carbocycles. The lowest BCUT2D eigenvalue weighted by atomic mass is 9.96. The van der Waals surface area contributed by atoms with E-state index in [-0.39, 0.29) is 49.7 Å². The van der Waals surface area contributed by atoms with Crippen molar-refractivity contribution in [2.45, 2.75) is 174 Å². The Hall–Kier alpha value is -6.77. The highest BCUT2D eigenvalue weighted by atomic mass is 16.4. The smallest absolute Gasteiger partial charge is 0.303 e. The van der Waals surface area contributed by atoms with E-state index >= 15 is 0 Å². The van der Waals surface area contributed by atoms with E-state index in [0.717, 1.165) is 0 Å². The minimum atomic E-state index is -1.76. The van der Waals surface area contributed by atoms with Gasteiger partial charge in [0, 0.05) is 19.3 Å². The molecule has 0 saturated carbocycles. The van der Waals surface area contributed by atoms with E-state index in [1.54, 1.807) is 39.8 Å². The number of carboxylic acids is 3. The summed E-state index contributed by atoms with van der Waals surface area (Å²) in [6, 6.07) is -4.88. The number of nitrogens with two attached hydrogens (primary N) is 2. The van der Waals surface area contributed by atoms with Gasteiger partial charge in [-0.2, -0.15) is 0 Å². The summed E-state index contributed by atoms with van der Waals surface area (Å²) in [7, 11) is 1.46. The molecule has 1 rings (SSSR count). The number of phenolic OH excluding ortho intramolecular Hbond substituents is 1. The van der Waals surface area contributed by atoms with Crippen LogP contribution in [0.1, 0.15) is 118 Å². The Morgan fingerprint density at radius 1 is 0.533 bits per heavy atom. The van der Waals surface area contributed by atoms with E-state index in [1.807, 2.05) is 13.8 Å².